The van der Waals surface area contributed by atoms with Crippen LogP contribution in [0, 0.1) is 0 Å². The minimum atomic E-state index is 0. The van der Waals surface area contributed by atoms with Gasteiger partial charge in [-0.15, -0.1) is 45.5 Å². The van der Waals surface area contributed by atoms with Crippen molar-refractivity contribution >= 4 is 46.9 Å². The Morgan fingerprint density at radius 2 is 2.19 bits per heavy atom. The maximum absolute atomic E-state index is 5.73. The van der Waals surface area contributed by atoms with Crippen LogP contribution >= 0.6 is 35.3 Å². The van der Waals surface area contributed by atoms with Gasteiger partial charge in [0.25, 0.3) is 0 Å². The average Bonchev–Trinajstić information content (AvgIpc) is 3.43. The lowest BCUT2D eigenvalue weighted by Crippen LogP contribution is -2.48. The fraction of sp³-hybridized carbons (Fsp3) is 0.476. The molecule has 0 amide bonds. The van der Waals surface area contributed by atoms with Gasteiger partial charge >= 0.3 is 0 Å². The molecular weight excluding hydrogens is 525 g/mol. The highest BCUT2D eigenvalue weighted by Crippen LogP contribution is 2.26. The SMILES string of the molecule is CN=C(NCCc1nnc2ccccn12)NCC(c1cccs1)N1CCOC(C)C1.I. The molecule has 0 aliphatic carbocycles. The van der Waals surface area contributed by atoms with Crippen molar-refractivity contribution in [3.05, 3.63) is 52.6 Å². The summed E-state index contributed by atoms with van der Waals surface area (Å²) in [6.45, 7) is 6.33. The molecule has 0 saturated carbocycles. The van der Waals surface area contributed by atoms with Crippen LogP contribution in [0.25, 0.3) is 5.65 Å². The summed E-state index contributed by atoms with van der Waals surface area (Å²) in [4.78, 5) is 8.26. The van der Waals surface area contributed by atoms with Crippen molar-refractivity contribution in [2.45, 2.75) is 25.5 Å². The Balaban J connectivity index is 0.00000272. The van der Waals surface area contributed by atoms with E-state index in [1.54, 1.807) is 18.4 Å². The fourth-order valence-corrected chi connectivity index (χ4v) is 4.65. The van der Waals surface area contributed by atoms with E-state index >= 15 is 0 Å². The Kier molecular flexibility index (Phi) is 9.05. The predicted octanol–water partition coefficient (Wildman–Crippen LogP) is 2.58. The molecule has 0 radical (unpaired) electrons. The molecule has 2 N–H and O–H groups in total. The molecule has 1 aliphatic heterocycles. The summed E-state index contributed by atoms with van der Waals surface area (Å²) < 4.78 is 7.75. The Morgan fingerprint density at radius 1 is 1.29 bits per heavy atom. The predicted molar refractivity (Wildman–Crippen MR) is 136 cm³/mol. The molecule has 2 unspecified atom stereocenters. The van der Waals surface area contributed by atoms with Gasteiger partial charge in [-0.3, -0.25) is 14.3 Å². The molecule has 2 atom stereocenters. The van der Waals surface area contributed by atoms with Crippen molar-refractivity contribution < 1.29 is 4.74 Å². The molecule has 168 valence electrons. The number of morpholine rings is 1. The molecule has 1 fully saturated rings. The lowest BCUT2D eigenvalue weighted by Gasteiger charge is -2.37. The van der Waals surface area contributed by atoms with E-state index in [-0.39, 0.29) is 30.1 Å². The van der Waals surface area contributed by atoms with Crippen molar-refractivity contribution in [3.8, 4) is 0 Å². The molecule has 3 aromatic heterocycles. The van der Waals surface area contributed by atoms with Gasteiger partial charge < -0.3 is 15.4 Å². The number of nitrogens with zero attached hydrogens (tertiary/aromatic N) is 5. The first-order valence-corrected chi connectivity index (χ1v) is 11.2. The van der Waals surface area contributed by atoms with Crippen LogP contribution in [0.3, 0.4) is 0 Å². The third kappa shape index (κ3) is 6.15. The van der Waals surface area contributed by atoms with Gasteiger partial charge in [0.1, 0.15) is 5.82 Å². The monoisotopic (exact) mass is 555 g/mol. The number of guanidine groups is 1. The molecule has 0 spiro atoms. The topological polar surface area (TPSA) is 79.1 Å². The number of nitrogens with one attached hydrogen (secondary N) is 2. The molecule has 31 heavy (non-hydrogen) atoms. The van der Waals surface area contributed by atoms with E-state index in [4.69, 9.17) is 4.74 Å². The number of hydrogen-bond donors (Lipinski definition) is 2. The van der Waals surface area contributed by atoms with Crippen molar-refractivity contribution in [2.24, 2.45) is 4.99 Å². The average molecular weight is 555 g/mol. The Bertz CT molecular complexity index is 962. The zero-order valence-electron chi connectivity index (χ0n) is 17.9. The summed E-state index contributed by atoms with van der Waals surface area (Å²) in [6, 6.07) is 10.6. The van der Waals surface area contributed by atoms with Gasteiger partial charge in [0.05, 0.1) is 18.8 Å². The van der Waals surface area contributed by atoms with Crippen LogP contribution in [-0.2, 0) is 11.2 Å². The minimum Gasteiger partial charge on any atom is -0.376 e. The molecule has 10 heteroatoms. The molecule has 8 nitrogen and oxygen atoms in total. The highest BCUT2D eigenvalue weighted by atomic mass is 127. The van der Waals surface area contributed by atoms with Crippen LogP contribution in [0.15, 0.2) is 46.9 Å². The summed E-state index contributed by atoms with van der Waals surface area (Å²) in [5, 5.41) is 17.5. The largest absolute Gasteiger partial charge is 0.376 e. The molecular formula is C21H30IN7OS. The second kappa shape index (κ2) is 11.7. The highest BCUT2D eigenvalue weighted by Gasteiger charge is 2.26. The molecule has 4 rings (SSSR count). The lowest BCUT2D eigenvalue weighted by atomic mass is 10.1. The number of pyridine rings is 1. The number of hydrogen-bond acceptors (Lipinski definition) is 6. The first kappa shape index (κ1) is 23.9. The number of aromatic nitrogens is 3. The zero-order chi connectivity index (χ0) is 20.8. The number of rotatable bonds is 7. The van der Waals surface area contributed by atoms with Crippen molar-refractivity contribution in [1.29, 1.82) is 0 Å². The van der Waals surface area contributed by atoms with E-state index in [2.05, 4.69) is 55.2 Å². The molecule has 0 bridgehead atoms. The lowest BCUT2D eigenvalue weighted by molar-refractivity contribution is -0.0334. The Labute approximate surface area is 204 Å². The van der Waals surface area contributed by atoms with E-state index in [0.717, 1.165) is 56.6 Å². The number of aliphatic imine (C=N–C) groups is 1. The number of thiophene rings is 1. The summed E-state index contributed by atoms with van der Waals surface area (Å²) in [5.74, 6) is 1.74. The number of ether oxygens (including phenoxy) is 1. The van der Waals surface area contributed by atoms with Crippen LogP contribution < -0.4 is 10.6 Å². The van der Waals surface area contributed by atoms with Gasteiger partial charge in [0.15, 0.2) is 11.6 Å². The second-order valence-corrected chi connectivity index (χ2v) is 8.36. The first-order valence-electron chi connectivity index (χ1n) is 10.4. The highest BCUT2D eigenvalue weighted by molar-refractivity contribution is 14.0. The maximum Gasteiger partial charge on any atom is 0.191 e. The van der Waals surface area contributed by atoms with E-state index in [1.165, 1.54) is 4.88 Å². The fourth-order valence-electron chi connectivity index (χ4n) is 3.79. The van der Waals surface area contributed by atoms with Crippen LogP contribution in [0.1, 0.15) is 23.7 Å². The van der Waals surface area contributed by atoms with E-state index < -0.39 is 0 Å². The molecule has 1 aliphatic rings. The zero-order valence-corrected chi connectivity index (χ0v) is 21.0. The molecule has 0 aromatic carbocycles. The van der Waals surface area contributed by atoms with Crippen LogP contribution in [-0.4, -0.2) is 71.4 Å². The van der Waals surface area contributed by atoms with Crippen LogP contribution in [0.5, 0.6) is 0 Å². The van der Waals surface area contributed by atoms with Crippen molar-refractivity contribution in [1.82, 2.24) is 30.1 Å². The summed E-state index contributed by atoms with van der Waals surface area (Å²) in [6.07, 6.45) is 3.02. The first-order chi connectivity index (χ1) is 14.7. The summed E-state index contributed by atoms with van der Waals surface area (Å²) in [5.41, 5.74) is 0.869. The van der Waals surface area contributed by atoms with Gasteiger partial charge in [0.2, 0.25) is 0 Å². The molecule has 3 aromatic rings. The smallest absolute Gasteiger partial charge is 0.191 e. The van der Waals surface area contributed by atoms with Gasteiger partial charge in [-0.1, -0.05) is 12.1 Å². The van der Waals surface area contributed by atoms with Crippen LogP contribution in [0.2, 0.25) is 0 Å². The summed E-state index contributed by atoms with van der Waals surface area (Å²) in [7, 11) is 1.80. The van der Waals surface area contributed by atoms with Gasteiger partial charge in [-0.05, 0) is 30.5 Å². The molecule has 4 heterocycles. The standard InChI is InChI=1S/C21H29N7OS.HI/c1-16-15-27(11-12-29-16)17(18-6-5-13-30-18)14-24-21(22-2)23-9-8-20-26-25-19-7-3-4-10-28(19)20;/h3-7,10,13,16-17H,8-9,11-12,14-15H2,1-2H3,(H2,22,23,24);1H. The minimum absolute atomic E-state index is 0. The van der Waals surface area contributed by atoms with Gasteiger partial charge in [-0.2, -0.15) is 0 Å². The van der Waals surface area contributed by atoms with Gasteiger partial charge in [-0.25, -0.2) is 0 Å². The summed E-state index contributed by atoms with van der Waals surface area (Å²) >= 11 is 1.80. The van der Waals surface area contributed by atoms with Crippen LogP contribution in [0.4, 0.5) is 0 Å². The normalized spacial score (nSPS) is 18.5. The third-order valence-electron chi connectivity index (χ3n) is 5.30. The van der Waals surface area contributed by atoms with Crippen molar-refractivity contribution in [2.75, 3.05) is 39.8 Å². The van der Waals surface area contributed by atoms with Crippen molar-refractivity contribution in [3.63, 3.8) is 0 Å². The van der Waals surface area contributed by atoms with E-state index in [0.29, 0.717) is 6.04 Å². The van der Waals surface area contributed by atoms with E-state index in [1.807, 2.05) is 28.8 Å². The Morgan fingerprint density at radius 3 is 2.97 bits per heavy atom. The van der Waals surface area contributed by atoms with E-state index in [9.17, 15) is 0 Å². The number of fused-ring (bicyclic) bond motifs is 1. The second-order valence-electron chi connectivity index (χ2n) is 7.38. The van der Waals surface area contributed by atoms with Gasteiger partial charge in [0, 0.05) is 50.7 Å². The number of halogens is 1. The maximum atomic E-state index is 5.73. The Hall–Kier alpha value is -1.76. The quantitative estimate of drug-likeness (QED) is 0.265. The third-order valence-corrected chi connectivity index (χ3v) is 6.27. The molecule has 1 saturated heterocycles.